The van der Waals surface area contributed by atoms with Crippen molar-refractivity contribution in [2.45, 2.75) is 81.5 Å². The fourth-order valence-electron chi connectivity index (χ4n) is 4.90. The number of aryl methyl sites for hydroxylation is 2. The molecule has 1 N–H and O–H groups in total. The first-order valence-electron chi connectivity index (χ1n) is 10.6. The van der Waals surface area contributed by atoms with Crippen molar-refractivity contribution in [3.63, 3.8) is 0 Å². The second-order valence-corrected chi connectivity index (χ2v) is 11.0. The molecule has 1 aliphatic heterocycles. The van der Waals surface area contributed by atoms with E-state index in [0.717, 1.165) is 23.5 Å². The van der Waals surface area contributed by atoms with Crippen LogP contribution in [0.15, 0.2) is 5.03 Å². The number of thiophene rings is 1. The molecule has 5 rings (SSSR count). The summed E-state index contributed by atoms with van der Waals surface area (Å²) in [6, 6.07) is 0. The van der Waals surface area contributed by atoms with Crippen molar-refractivity contribution in [3.8, 4) is 0 Å². The smallest absolute Gasteiger partial charge is 0.186 e. The lowest BCUT2D eigenvalue weighted by Crippen LogP contribution is -3.11. The lowest BCUT2D eigenvalue weighted by molar-refractivity contribution is -0.920. The Morgan fingerprint density at radius 3 is 2.65 bits per heavy atom. The molecule has 0 unspecified atom stereocenters. The predicted molar refractivity (Wildman–Crippen MR) is 110 cm³/mol. The summed E-state index contributed by atoms with van der Waals surface area (Å²) in [7, 11) is 0. The van der Waals surface area contributed by atoms with Crippen molar-refractivity contribution in [1.29, 1.82) is 0 Å². The van der Waals surface area contributed by atoms with Crippen LogP contribution in [-0.2, 0) is 19.4 Å². The molecule has 3 aliphatic rings. The van der Waals surface area contributed by atoms with Crippen LogP contribution >= 0.6 is 23.1 Å². The summed E-state index contributed by atoms with van der Waals surface area (Å²) < 4.78 is 0. The molecule has 0 bridgehead atoms. The average Bonchev–Trinajstić information content (AvgIpc) is 3.34. The molecular formula is C21H30N3S2+. The van der Waals surface area contributed by atoms with Crippen LogP contribution in [0, 0.1) is 5.92 Å². The molecule has 2 aliphatic carbocycles. The van der Waals surface area contributed by atoms with Gasteiger partial charge in [-0.05, 0) is 56.4 Å². The molecule has 0 aromatic carbocycles. The number of thioether (sulfide) groups is 1. The van der Waals surface area contributed by atoms with Gasteiger partial charge < -0.3 is 4.90 Å². The molecule has 26 heavy (non-hydrogen) atoms. The molecule has 0 spiro atoms. The lowest BCUT2D eigenvalue weighted by atomic mass is 9.99. The van der Waals surface area contributed by atoms with Gasteiger partial charge in [0.25, 0.3) is 0 Å². The van der Waals surface area contributed by atoms with E-state index in [1.54, 1.807) is 15.3 Å². The number of rotatable bonds is 4. The molecule has 0 atom stereocenters. The van der Waals surface area contributed by atoms with Crippen molar-refractivity contribution < 1.29 is 4.90 Å². The van der Waals surface area contributed by atoms with E-state index in [1.807, 2.05) is 11.3 Å². The summed E-state index contributed by atoms with van der Waals surface area (Å²) >= 11 is 4.04. The summed E-state index contributed by atoms with van der Waals surface area (Å²) in [6.07, 6.45) is 12.1. The van der Waals surface area contributed by atoms with Crippen LogP contribution in [0.2, 0.25) is 0 Å². The second-order valence-electron chi connectivity index (χ2n) is 8.62. The first-order valence-corrected chi connectivity index (χ1v) is 12.3. The number of hydrogen-bond donors (Lipinski definition) is 1. The Hall–Kier alpha value is -0.650. The highest BCUT2D eigenvalue weighted by atomic mass is 32.2. The Morgan fingerprint density at radius 1 is 1.04 bits per heavy atom. The molecular weight excluding hydrogens is 358 g/mol. The fourth-order valence-corrected chi connectivity index (χ4v) is 7.63. The Balaban J connectivity index is 1.47. The van der Waals surface area contributed by atoms with Crippen molar-refractivity contribution in [1.82, 2.24) is 9.97 Å². The zero-order valence-electron chi connectivity index (χ0n) is 15.9. The van der Waals surface area contributed by atoms with Crippen LogP contribution in [0.25, 0.3) is 10.2 Å². The number of nitrogens with one attached hydrogen (secondary N) is 1. The normalized spacial score (nSPS) is 26.7. The van der Waals surface area contributed by atoms with Gasteiger partial charge in [0.15, 0.2) is 5.82 Å². The molecule has 1 saturated carbocycles. The molecule has 3 heterocycles. The Labute approximate surface area is 165 Å². The van der Waals surface area contributed by atoms with E-state index in [0.29, 0.717) is 0 Å². The monoisotopic (exact) mass is 388 g/mol. The third-order valence-electron chi connectivity index (χ3n) is 6.55. The maximum absolute atomic E-state index is 5.16. The minimum absolute atomic E-state index is 0.779. The fraction of sp³-hybridized carbons (Fsp3) is 0.714. The standard InChI is InChI=1S/C21H29N3S2/c1-14-9-11-24(12-10-14)13-18-22-20(25-15-5-2-3-6-15)19-16-7-4-8-17(16)26-21(19)23-18/h14-15H,2-13H2,1H3/p+1. The number of hydrogen-bond acceptors (Lipinski definition) is 4. The summed E-state index contributed by atoms with van der Waals surface area (Å²) in [5, 5.41) is 3.53. The topological polar surface area (TPSA) is 30.2 Å². The largest absolute Gasteiger partial charge is 0.329 e. The number of likely N-dealkylation sites (tertiary alicyclic amines) is 1. The van der Waals surface area contributed by atoms with Crippen LogP contribution < -0.4 is 4.90 Å². The van der Waals surface area contributed by atoms with Gasteiger partial charge in [-0.15, -0.1) is 23.1 Å². The van der Waals surface area contributed by atoms with Crippen molar-refractivity contribution in [2.24, 2.45) is 5.92 Å². The number of piperidine rings is 1. The van der Waals surface area contributed by atoms with E-state index in [-0.39, 0.29) is 0 Å². The predicted octanol–water partition coefficient (Wildman–Crippen LogP) is 4.03. The van der Waals surface area contributed by atoms with Crippen molar-refractivity contribution in [2.75, 3.05) is 13.1 Å². The van der Waals surface area contributed by atoms with Gasteiger partial charge in [0, 0.05) is 15.5 Å². The van der Waals surface area contributed by atoms with E-state index >= 15 is 0 Å². The number of fused-ring (bicyclic) bond motifs is 3. The van der Waals surface area contributed by atoms with Gasteiger partial charge in [-0.25, -0.2) is 9.97 Å². The minimum Gasteiger partial charge on any atom is -0.329 e. The number of nitrogens with zero attached hydrogens (tertiary/aromatic N) is 2. The summed E-state index contributed by atoms with van der Waals surface area (Å²) in [5.74, 6) is 2.00. The van der Waals surface area contributed by atoms with Gasteiger partial charge in [0.05, 0.1) is 13.1 Å². The van der Waals surface area contributed by atoms with Crippen LogP contribution in [0.1, 0.15) is 68.1 Å². The average molecular weight is 389 g/mol. The maximum atomic E-state index is 5.16. The molecule has 2 aromatic rings. The first kappa shape index (κ1) is 17.4. The lowest BCUT2D eigenvalue weighted by Gasteiger charge is -2.26. The first-order chi connectivity index (χ1) is 12.8. The highest BCUT2D eigenvalue weighted by Gasteiger charge is 2.27. The van der Waals surface area contributed by atoms with Crippen molar-refractivity contribution >= 4 is 33.3 Å². The van der Waals surface area contributed by atoms with Crippen LogP contribution in [0.5, 0.6) is 0 Å². The third kappa shape index (κ3) is 3.43. The molecule has 140 valence electrons. The van der Waals surface area contributed by atoms with E-state index in [2.05, 4.69) is 18.7 Å². The van der Waals surface area contributed by atoms with E-state index in [9.17, 15) is 0 Å². The van der Waals surface area contributed by atoms with Gasteiger partial charge in [0.1, 0.15) is 16.4 Å². The molecule has 5 heteroatoms. The Bertz CT molecular complexity index is 786. The second kappa shape index (κ2) is 7.40. The summed E-state index contributed by atoms with van der Waals surface area (Å²) in [5.41, 5.74) is 1.59. The minimum atomic E-state index is 0.779. The van der Waals surface area contributed by atoms with Crippen LogP contribution in [0.4, 0.5) is 0 Å². The van der Waals surface area contributed by atoms with Gasteiger partial charge in [-0.2, -0.15) is 0 Å². The third-order valence-corrected chi connectivity index (χ3v) is 9.06. The molecule has 2 fully saturated rings. The van der Waals surface area contributed by atoms with Gasteiger partial charge in [0.2, 0.25) is 0 Å². The molecule has 1 saturated heterocycles. The van der Waals surface area contributed by atoms with Crippen molar-refractivity contribution in [3.05, 3.63) is 16.3 Å². The molecule has 0 radical (unpaired) electrons. The summed E-state index contributed by atoms with van der Waals surface area (Å²) in [4.78, 5) is 14.8. The maximum Gasteiger partial charge on any atom is 0.186 e. The van der Waals surface area contributed by atoms with E-state index in [4.69, 9.17) is 9.97 Å². The zero-order chi connectivity index (χ0) is 17.5. The quantitative estimate of drug-likeness (QED) is 0.802. The zero-order valence-corrected chi connectivity index (χ0v) is 17.5. The number of quaternary nitrogens is 1. The molecule has 2 aromatic heterocycles. The highest BCUT2D eigenvalue weighted by Crippen LogP contribution is 2.43. The number of aromatic nitrogens is 2. The Morgan fingerprint density at radius 2 is 1.85 bits per heavy atom. The van der Waals surface area contributed by atoms with E-state index in [1.165, 1.54) is 86.1 Å². The summed E-state index contributed by atoms with van der Waals surface area (Å²) in [6.45, 7) is 5.98. The van der Waals surface area contributed by atoms with Gasteiger partial charge >= 0.3 is 0 Å². The van der Waals surface area contributed by atoms with E-state index < -0.39 is 0 Å². The van der Waals surface area contributed by atoms with Gasteiger partial charge in [-0.3, -0.25) is 0 Å². The SMILES string of the molecule is CC1CC[NH+](Cc2nc(SC3CCCC3)c3c4c(sc3n2)CCC4)CC1. The van der Waals surface area contributed by atoms with Crippen LogP contribution in [-0.4, -0.2) is 28.3 Å². The highest BCUT2D eigenvalue weighted by molar-refractivity contribution is 8.00. The van der Waals surface area contributed by atoms with Crippen LogP contribution in [0.3, 0.4) is 0 Å². The Kier molecular flexibility index (Phi) is 4.97. The van der Waals surface area contributed by atoms with Gasteiger partial charge in [-0.1, -0.05) is 19.8 Å². The molecule has 3 nitrogen and oxygen atoms in total. The molecule has 0 amide bonds.